The van der Waals surface area contributed by atoms with Gasteiger partial charge in [0.2, 0.25) is 0 Å². The van der Waals surface area contributed by atoms with Gasteiger partial charge in [-0.25, -0.2) is 4.39 Å². The Morgan fingerprint density at radius 1 is 1.05 bits per heavy atom. The molecule has 0 aliphatic carbocycles. The van der Waals surface area contributed by atoms with Crippen molar-refractivity contribution < 1.29 is 22.7 Å². The molecule has 1 atom stereocenters. The molecule has 20 heavy (non-hydrogen) atoms. The van der Waals surface area contributed by atoms with Gasteiger partial charge in [0.1, 0.15) is 11.9 Å². The Bertz CT molecular complexity index is 625. The average molecular weight is 396 g/mol. The summed E-state index contributed by atoms with van der Waals surface area (Å²) in [5, 5.41) is 10.2. The molecule has 2 rings (SSSR count). The van der Waals surface area contributed by atoms with E-state index in [-0.39, 0.29) is 5.56 Å². The molecule has 106 valence electrons. The Morgan fingerprint density at radius 2 is 1.75 bits per heavy atom. The van der Waals surface area contributed by atoms with E-state index in [2.05, 4.69) is 0 Å². The van der Waals surface area contributed by atoms with Crippen LogP contribution in [0.2, 0.25) is 0 Å². The first kappa shape index (κ1) is 15.2. The number of benzene rings is 2. The quantitative estimate of drug-likeness (QED) is 0.585. The van der Waals surface area contributed by atoms with Crippen molar-refractivity contribution in [2.75, 3.05) is 0 Å². The largest absolute Gasteiger partial charge is 0.416 e. The molecule has 1 N–H and O–H groups in total. The van der Waals surface area contributed by atoms with E-state index in [1.807, 2.05) is 22.6 Å². The number of hydrogen-bond acceptors (Lipinski definition) is 1. The number of halogens is 5. The van der Waals surface area contributed by atoms with Crippen LogP contribution in [0, 0.1) is 9.39 Å². The van der Waals surface area contributed by atoms with Crippen LogP contribution < -0.4 is 0 Å². The van der Waals surface area contributed by atoms with Crippen LogP contribution in [0.5, 0.6) is 0 Å². The molecule has 0 spiro atoms. The topological polar surface area (TPSA) is 20.2 Å². The summed E-state index contributed by atoms with van der Waals surface area (Å²) in [6.07, 6.45) is -5.70. The van der Waals surface area contributed by atoms with Gasteiger partial charge in [-0.15, -0.1) is 0 Å². The first-order chi connectivity index (χ1) is 9.29. The predicted octanol–water partition coefficient (Wildman–Crippen LogP) is 4.53. The second-order valence-electron chi connectivity index (χ2n) is 4.19. The van der Waals surface area contributed by atoms with Crippen molar-refractivity contribution in [2.45, 2.75) is 12.3 Å². The van der Waals surface area contributed by atoms with Crippen molar-refractivity contribution in [3.63, 3.8) is 0 Å². The number of alkyl halides is 3. The van der Waals surface area contributed by atoms with Crippen LogP contribution in [0.3, 0.4) is 0 Å². The van der Waals surface area contributed by atoms with Crippen molar-refractivity contribution >= 4 is 22.6 Å². The van der Waals surface area contributed by atoms with Crippen LogP contribution >= 0.6 is 22.6 Å². The normalized spacial score (nSPS) is 13.3. The van der Waals surface area contributed by atoms with Crippen LogP contribution in [0.25, 0.3) is 0 Å². The maximum absolute atomic E-state index is 13.0. The maximum Gasteiger partial charge on any atom is 0.416 e. The van der Waals surface area contributed by atoms with E-state index in [1.165, 1.54) is 24.3 Å². The Labute approximate surface area is 126 Å². The van der Waals surface area contributed by atoms with Gasteiger partial charge in [0.15, 0.2) is 0 Å². The minimum Gasteiger partial charge on any atom is -0.384 e. The molecule has 0 aliphatic rings. The molecular formula is C14H9F4IO. The van der Waals surface area contributed by atoms with Crippen LogP contribution in [0.1, 0.15) is 22.8 Å². The fraction of sp³-hybridized carbons (Fsp3) is 0.143. The summed E-state index contributed by atoms with van der Waals surface area (Å²) in [5.74, 6) is -0.464. The highest BCUT2D eigenvalue weighted by atomic mass is 127. The van der Waals surface area contributed by atoms with Gasteiger partial charge in [-0.2, -0.15) is 13.2 Å². The molecule has 0 aromatic heterocycles. The first-order valence-corrected chi connectivity index (χ1v) is 6.67. The third kappa shape index (κ3) is 3.29. The fourth-order valence-corrected chi connectivity index (χ4v) is 2.56. The van der Waals surface area contributed by atoms with Crippen LogP contribution in [-0.4, -0.2) is 5.11 Å². The molecule has 0 bridgehead atoms. The molecule has 2 aromatic carbocycles. The zero-order chi connectivity index (χ0) is 14.9. The van der Waals surface area contributed by atoms with Crippen molar-refractivity contribution in [3.8, 4) is 0 Å². The third-order valence-electron chi connectivity index (χ3n) is 2.79. The van der Waals surface area contributed by atoms with Gasteiger partial charge in [-0.1, -0.05) is 18.2 Å². The maximum atomic E-state index is 13.0. The summed E-state index contributed by atoms with van der Waals surface area (Å²) in [6.45, 7) is 0. The number of aliphatic hydroxyl groups excluding tert-OH is 1. The number of aliphatic hydroxyl groups is 1. The van der Waals surface area contributed by atoms with E-state index in [1.54, 1.807) is 0 Å². The lowest BCUT2D eigenvalue weighted by molar-refractivity contribution is -0.137. The molecule has 0 aliphatic heterocycles. The van der Waals surface area contributed by atoms with E-state index in [0.717, 1.165) is 18.2 Å². The summed E-state index contributed by atoms with van der Waals surface area (Å²) in [7, 11) is 0. The highest BCUT2D eigenvalue weighted by Gasteiger charge is 2.31. The van der Waals surface area contributed by atoms with Gasteiger partial charge in [0, 0.05) is 3.57 Å². The van der Waals surface area contributed by atoms with Gasteiger partial charge in [0.25, 0.3) is 0 Å². The number of hydrogen-bond donors (Lipinski definition) is 1. The molecule has 0 saturated carbocycles. The standard InChI is InChI=1S/C14H9F4IO/c15-10-4-5-11(12(19)7-10)13(20)8-2-1-3-9(6-8)14(16,17)18/h1-7,13,20H. The Balaban J connectivity index is 2.41. The molecule has 0 radical (unpaired) electrons. The molecule has 1 unspecified atom stereocenters. The average Bonchev–Trinajstić information content (AvgIpc) is 2.37. The lowest BCUT2D eigenvalue weighted by Crippen LogP contribution is -2.08. The lowest BCUT2D eigenvalue weighted by Gasteiger charge is -2.15. The summed E-state index contributed by atoms with van der Waals surface area (Å²) in [6, 6.07) is 8.20. The smallest absolute Gasteiger partial charge is 0.384 e. The van der Waals surface area contributed by atoms with Gasteiger partial charge < -0.3 is 5.11 Å². The first-order valence-electron chi connectivity index (χ1n) is 5.59. The van der Waals surface area contributed by atoms with Crippen LogP contribution in [0.4, 0.5) is 17.6 Å². The van der Waals surface area contributed by atoms with Gasteiger partial charge >= 0.3 is 6.18 Å². The summed E-state index contributed by atoms with van der Waals surface area (Å²) >= 11 is 1.83. The van der Waals surface area contributed by atoms with Gasteiger partial charge in [-0.05, 0) is 58.0 Å². The molecule has 0 fully saturated rings. The molecule has 0 amide bonds. The SMILES string of the molecule is OC(c1cccc(C(F)(F)F)c1)c1ccc(F)cc1I. The highest BCUT2D eigenvalue weighted by Crippen LogP contribution is 2.33. The molecule has 2 aromatic rings. The molecule has 0 heterocycles. The van der Waals surface area contributed by atoms with Gasteiger partial charge in [0.05, 0.1) is 5.56 Å². The molecule has 0 saturated heterocycles. The zero-order valence-electron chi connectivity index (χ0n) is 9.96. The van der Waals surface area contributed by atoms with Crippen molar-refractivity contribution in [1.29, 1.82) is 0 Å². The summed E-state index contributed by atoms with van der Waals surface area (Å²) < 4.78 is 51.3. The summed E-state index contributed by atoms with van der Waals surface area (Å²) in [5.41, 5.74) is -0.346. The van der Waals surface area contributed by atoms with E-state index in [0.29, 0.717) is 9.13 Å². The minimum atomic E-state index is -4.47. The second kappa shape index (κ2) is 5.69. The fourth-order valence-electron chi connectivity index (χ4n) is 1.79. The highest BCUT2D eigenvalue weighted by molar-refractivity contribution is 14.1. The van der Waals surface area contributed by atoms with Crippen molar-refractivity contribution in [1.82, 2.24) is 0 Å². The Kier molecular flexibility index (Phi) is 4.33. The third-order valence-corrected chi connectivity index (χ3v) is 3.72. The molecule has 6 heteroatoms. The van der Waals surface area contributed by atoms with E-state index in [9.17, 15) is 22.7 Å². The monoisotopic (exact) mass is 396 g/mol. The lowest BCUT2D eigenvalue weighted by atomic mass is 9.99. The van der Waals surface area contributed by atoms with Crippen LogP contribution in [-0.2, 0) is 6.18 Å². The number of rotatable bonds is 2. The Morgan fingerprint density at radius 3 is 2.35 bits per heavy atom. The summed E-state index contributed by atoms with van der Waals surface area (Å²) in [4.78, 5) is 0. The van der Waals surface area contributed by atoms with Crippen molar-refractivity contribution in [3.05, 3.63) is 68.5 Å². The Hall–Kier alpha value is -1.15. The zero-order valence-corrected chi connectivity index (χ0v) is 12.1. The minimum absolute atomic E-state index is 0.115. The van der Waals surface area contributed by atoms with E-state index < -0.39 is 23.7 Å². The second-order valence-corrected chi connectivity index (χ2v) is 5.35. The van der Waals surface area contributed by atoms with Crippen molar-refractivity contribution in [2.24, 2.45) is 0 Å². The predicted molar refractivity (Wildman–Crippen MR) is 74.6 cm³/mol. The molecular weight excluding hydrogens is 387 g/mol. The van der Waals surface area contributed by atoms with Crippen LogP contribution in [0.15, 0.2) is 42.5 Å². The van der Waals surface area contributed by atoms with Gasteiger partial charge in [-0.3, -0.25) is 0 Å². The van der Waals surface area contributed by atoms with E-state index >= 15 is 0 Å². The van der Waals surface area contributed by atoms with E-state index in [4.69, 9.17) is 0 Å². The molecule has 1 nitrogen and oxygen atoms in total.